The first kappa shape index (κ1) is 21.7. The molecule has 3 heterocycles. The second kappa shape index (κ2) is 8.89. The number of hydrogen-bond donors (Lipinski definition) is 1. The van der Waals surface area contributed by atoms with Crippen LogP contribution in [0.3, 0.4) is 0 Å². The molecule has 1 aromatic heterocycles. The second-order valence-corrected chi connectivity index (χ2v) is 8.71. The standard InChI is InChI=1S/C24H29N5O.ClH/c1-27-21-8-3-2-7-19(21)20(24(30)29-13-4-6-18(25)16-29)14-26-23(27)22-9-5-12-28(22)15-17-10-11-17;/h2-3,5,7-9,12,14,17-18H,4,6,10-11,13,15-16,25H2,1H3;1H/t18-;/m1./s1. The van der Waals surface area contributed by atoms with E-state index < -0.39 is 0 Å². The van der Waals surface area contributed by atoms with Gasteiger partial charge in [-0.1, -0.05) is 18.2 Å². The Morgan fingerprint density at radius 1 is 1.16 bits per heavy atom. The van der Waals surface area contributed by atoms with Gasteiger partial charge in [-0.15, -0.1) is 12.4 Å². The van der Waals surface area contributed by atoms with Crippen LogP contribution in [0.2, 0.25) is 0 Å². The zero-order valence-electron chi connectivity index (χ0n) is 17.9. The number of likely N-dealkylation sites (tertiary alicyclic amines) is 1. The van der Waals surface area contributed by atoms with Crippen LogP contribution in [0, 0.1) is 5.92 Å². The van der Waals surface area contributed by atoms with Crippen LogP contribution in [0.4, 0.5) is 5.69 Å². The zero-order chi connectivity index (χ0) is 20.7. The third-order valence-electron chi connectivity index (χ3n) is 6.38. The number of halogens is 1. The van der Waals surface area contributed by atoms with Gasteiger partial charge in [-0.05, 0) is 49.8 Å². The Bertz CT molecular complexity index is 1020. The van der Waals surface area contributed by atoms with Crippen LogP contribution < -0.4 is 10.6 Å². The third kappa shape index (κ3) is 4.27. The molecular formula is C24H30ClN5O. The molecule has 2 aliphatic heterocycles. The molecule has 0 radical (unpaired) electrons. The number of fused-ring (bicyclic) bond motifs is 1. The van der Waals surface area contributed by atoms with Crippen LogP contribution in [-0.4, -0.2) is 47.4 Å². The third-order valence-corrected chi connectivity index (χ3v) is 6.38. The number of amidine groups is 1. The van der Waals surface area contributed by atoms with E-state index in [-0.39, 0.29) is 24.4 Å². The summed E-state index contributed by atoms with van der Waals surface area (Å²) in [5, 5.41) is 0. The largest absolute Gasteiger partial charge is 0.345 e. The van der Waals surface area contributed by atoms with Gasteiger partial charge in [-0.3, -0.25) is 4.79 Å². The molecule has 3 aliphatic rings. The minimum absolute atomic E-state index is 0. The maximum absolute atomic E-state index is 13.4. The SMILES string of the molecule is CN1C(c2cccn2CC2CC2)=NC=C(C(=O)N2CCC[C@@H](N)C2)c2ccccc21.Cl. The van der Waals surface area contributed by atoms with E-state index in [1.807, 2.05) is 30.1 Å². The average Bonchev–Trinajstić information content (AvgIpc) is 3.49. The summed E-state index contributed by atoms with van der Waals surface area (Å²) in [6.45, 7) is 2.38. The van der Waals surface area contributed by atoms with Crippen molar-refractivity contribution in [3.63, 3.8) is 0 Å². The summed E-state index contributed by atoms with van der Waals surface area (Å²) in [5.41, 5.74) is 9.78. The summed E-state index contributed by atoms with van der Waals surface area (Å²) in [6.07, 6.45) is 8.42. The van der Waals surface area contributed by atoms with Gasteiger partial charge in [-0.25, -0.2) is 4.99 Å². The van der Waals surface area contributed by atoms with Crippen LogP contribution in [0.25, 0.3) is 5.57 Å². The topological polar surface area (TPSA) is 66.9 Å². The number of benzene rings is 1. The molecular weight excluding hydrogens is 410 g/mol. The van der Waals surface area contributed by atoms with Crippen molar-refractivity contribution in [3.8, 4) is 0 Å². The minimum atomic E-state index is 0. The molecule has 1 amide bonds. The van der Waals surface area contributed by atoms with Crippen molar-refractivity contribution in [2.45, 2.75) is 38.3 Å². The number of nitrogens with two attached hydrogens (primary N) is 1. The van der Waals surface area contributed by atoms with Crippen LogP contribution in [0.15, 0.2) is 53.8 Å². The van der Waals surface area contributed by atoms with Gasteiger partial charge in [0.05, 0.1) is 17.0 Å². The average molecular weight is 440 g/mol. The highest BCUT2D eigenvalue weighted by Gasteiger charge is 2.29. The number of piperidine rings is 1. The first-order chi connectivity index (χ1) is 14.6. The van der Waals surface area contributed by atoms with E-state index in [0.717, 1.165) is 54.6 Å². The molecule has 1 aliphatic carbocycles. The minimum Gasteiger partial charge on any atom is -0.345 e. The molecule has 0 spiro atoms. The highest BCUT2D eigenvalue weighted by atomic mass is 35.5. The van der Waals surface area contributed by atoms with Gasteiger partial charge in [0.25, 0.3) is 5.91 Å². The molecule has 0 bridgehead atoms. The van der Waals surface area contributed by atoms with Crippen molar-refractivity contribution in [2.24, 2.45) is 16.6 Å². The van der Waals surface area contributed by atoms with Crippen LogP contribution in [0.1, 0.15) is 36.9 Å². The Labute approximate surface area is 189 Å². The predicted molar refractivity (Wildman–Crippen MR) is 128 cm³/mol. The van der Waals surface area contributed by atoms with Gasteiger partial charge in [-0.2, -0.15) is 0 Å². The molecule has 7 heteroatoms. The molecule has 164 valence electrons. The second-order valence-electron chi connectivity index (χ2n) is 8.71. The number of para-hydroxylation sites is 1. The van der Waals surface area contributed by atoms with Gasteiger partial charge in [0.15, 0.2) is 5.84 Å². The highest BCUT2D eigenvalue weighted by molar-refractivity contribution is 6.23. The fraction of sp³-hybridized carbons (Fsp3) is 0.417. The number of carbonyl (C=O) groups excluding carboxylic acids is 1. The highest BCUT2D eigenvalue weighted by Crippen LogP contribution is 2.34. The Kier molecular flexibility index (Phi) is 6.21. The predicted octanol–water partition coefficient (Wildman–Crippen LogP) is 3.51. The number of aromatic nitrogens is 1. The first-order valence-electron chi connectivity index (χ1n) is 10.9. The molecule has 1 saturated heterocycles. The lowest BCUT2D eigenvalue weighted by Crippen LogP contribution is -2.46. The first-order valence-corrected chi connectivity index (χ1v) is 10.9. The van der Waals surface area contributed by atoms with Gasteiger partial charge in [0.1, 0.15) is 0 Å². The lowest BCUT2D eigenvalue weighted by Gasteiger charge is -2.31. The van der Waals surface area contributed by atoms with Gasteiger partial charge < -0.3 is 20.1 Å². The lowest BCUT2D eigenvalue weighted by molar-refractivity contribution is -0.126. The number of carbonyl (C=O) groups is 1. The molecule has 6 nitrogen and oxygen atoms in total. The van der Waals surface area contributed by atoms with E-state index in [2.05, 4.69) is 33.9 Å². The van der Waals surface area contributed by atoms with Crippen LogP contribution >= 0.6 is 12.4 Å². The summed E-state index contributed by atoms with van der Waals surface area (Å²) in [6, 6.07) is 12.3. The smallest absolute Gasteiger partial charge is 0.256 e. The van der Waals surface area contributed by atoms with Crippen molar-refractivity contribution in [1.82, 2.24) is 9.47 Å². The van der Waals surface area contributed by atoms with E-state index in [9.17, 15) is 4.79 Å². The fourth-order valence-corrected chi connectivity index (χ4v) is 4.52. The molecule has 0 unspecified atom stereocenters. The molecule has 2 fully saturated rings. The number of anilines is 1. The molecule has 2 aromatic rings. The van der Waals surface area contributed by atoms with E-state index in [1.54, 1.807) is 6.20 Å². The summed E-state index contributed by atoms with van der Waals surface area (Å²) < 4.78 is 2.29. The summed E-state index contributed by atoms with van der Waals surface area (Å²) in [4.78, 5) is 22.3. The van der Waals surface area contributed by atoms with Crippen molar-refractivity contribution >= 4 is 35.4 Å². The quantitative estimate of drug-likeness (QED) is 0.792. The van der Waals surface area contributed by atoms with Crippen molar-refractivity contribution in [1.29, 1.82) is 0 Å². The Hall–Kier alpha value is -2.57. The van der Waals surface area contributed by atoms with Gasteiger partial charge in [0, 0.05) is 50.7 Å². The van der Waals surface area contributed by atoms with E-state index in [1.165, 1.54) is 12.8 Å². The monoisotopic (exact) mass is 439 g/mol. The van der Waals surface area contributed by atoms with Gasteiger partial charge >= 0.3 is 0 Å². The molecule has 2 N–H and O–H groups in total. The number of rotatable bonds is 4. The van der Waals surface area contributed by atoms with Crippen molar-refractivity contribution < 1.29 is 4.79 Å². The molecule has 31 heavy (non-hydrogen) atoms. The van der Waals surface area contributed by atoms with Crippen molar-refractivity contribution in [3.05, 3.63) is 60.1 Å². The maximum Gasteiger partial charge on any atom is 0.256 e. The van der Waals surface area contributed by atoms with E-state index in [0.29, 0.717) is 12.1 Å². The summed E-state index contributed by atoms with van der Waals surface area (Å²) >= 11 is 0. The van der Waals surface area contributed by atoms with Crippen molar-refractivity contribution in [2.75, 3.05) is 25.0 Å². The Morgan fingerprint density at radius 2 is 1.97 bits per heavy atom. The van der Waals surface area contributed by atoms with E-state index in [4.69, 9.17) is 10.7 Å². The lowest BCUT2D eigenvalue weighted by atomic mass is 10.0. The summed E-state index contributed by atoms with van der Waals surface area (Å²) in [5.74, 6) is 1.66. The van der Waals surface area contributed by atoms with E-state index >= 15 is 0 Å². The molecule has 5 rings (SSSR count). The number of amides is 1. The Balaban J connectivity index is 0.00000231. The zero-order valence-corrected chi connectivity index (χ0v) is 18.7. The number of nitrogens with zero attached hydrogens (tertiary/aromatic N) is 4. The van der Waals surface area contributed by atoms with Crippen LogP contribution in [0.5, 0.6) is 0 Å². The molecule has 1 saturated carbocycles. The fourth-order valence-electron chi connectivity index (χ4n) is 4.52. The normalized spacial score (nSPS) is 20.9. The molecule has 1 aromatic carbocycles. The molecule has 1 atom stereocenters. The van der Waals surface area contributed by atoms with Gasteiger partial charge in [0.2, 0.25) is 0 Å². The maximum atomic E-state index is 13.4. The van der Waals surface area contributed by atoms with Crippen LogP contribution in [-0.2, 0) is 11.3 Å². The summed E-state index contributed by atoms with van der Waals surface area (Å²) in [7, 11) is 2.03. The number of hydrogen-bond acceptors (Lipinski definition) is 4. The number of aliphatic imine (C=N–C) groups is 1. The Morgan fingerprint density at radius 3 is 2.74 bits per heavy atom.